The lowest BCUT2D eigenvalue weighted by atomic mass is 10.0. The summed E-state index contributed by atoms with van der Waals surface area (Å²) in [6, 6.07) is 1.25. The van der Waals surface area contributed by atoms with E-state index in [4.69, 9.17) is 5.73 Å². The Bertz CT molecular complexity index is 1360. The Morgan fingerprint density at radius 3 is 2.56 bits per heavy atom. The van der Waals surface area contributed by atoms with Crippen LogP contribution in [0.15, 0.2) is 24.7 Å². The van der Waals surface area contributed by atoms with Crippen molar-refractivity contribution < 1.29 is 18.4 Å². The Hall–Kier alpha value is -3.67. The fraction of sp³-hybridized carbons (Fsp3) is 0.250. The van der Waals surface area contributed by atoms with Crippen LogP contribution < -0.4 is 11.1 Å². The summed E-state index contributed by atoms with van der Waals surface area (Å²) in [6.45, 7) is 4.24. The summed E-state index contributed by atoms with van der Waals surface area (Å²) in [4.78, 5) is 29.3. The molecular formula is C20H19F2N7O2S. The van der Waals surface area contributed by atoms with Crippen LogP contribution in [0, 0.1) is 6.92 Å². The number of primary amides is 1. The van der Waals surface area contributed by atoms with Gasteiger partial charge in [-0.05, 0) is 25.5 Å². The number of alkyl halides is 2. The molecule has 12 heteroatoms. The van der Waals surface area contributed by atoms with Gasteiger partial charge in [-0.2, -0.15) is 10.2 Å². The zero-order valence-electron chi connectivity index (χ0n) is 17.4. The Balaban J connectivity index is 1.96. The van der Waals surface area contributed by atoms with Gasteiger partial charge in [0.25, 0.3) is 18.2 Å². The fourth-order valence-electron chi connectivity index (χ4n) is 3.34. The van der Waals surface area contributed by atoms with Gasteiger partial charge in [-0.25, -0.2) is 13.8 Å². The molecule has 0 unspecified atom stereocenters. The summed E-state index contributed by atoms with van der Waals surface area (Å²) in [5.41, 5.74) is 7.16. The molecule has 0 saturated carbocycles. The van der Waals surface area contributed by atoms with Crippen molar-refractivity contribution in [2.75, 3.05) is 5.32 Å². The van der Waals surface area contributed by atoms with E-state index >= 15 is 0 Å². The SMILES string of the molecule is CCn1cc(C(=O)Nc2c(C(N)=O)sc3nc(C(F)F)cc(-c4cnn(C)c4C)c23)cn1. The molecule has 4 rings (SSSR count). The Morgan fingerprint density at radius 1 is 1.25 bits per heavy atom. The first-order valence-electron chi connectivity index (χ1n) is 9.59. The molecule has 32 heavy (non-hydrogen) atoms. The monoisotopic (exact) mass is 459 g/mol. The van der Waals surface area contributed by atoms with Gasteiger partial charge in [-0.1, -0.05) is 0 Å². The van der Waals surface area contributed by atoms with Crippen molar-refractivity contribution in [3.63, 3.8) is 0 Å². The number of nitrogens with one attached hydrogen (secondary N) is 1. The van der Waals surface area contributed by atoms with Crippen molar-refractivity contribution >= 4 is 39.1 Å². The molecule has 0 aliphatic rings. The van der Waals surface area contributed by atoms with Crippen LogP contribution >= 0.6 is 11.3 Å². The Labute approximate surface area is 184 Å². The quantitative estimate of drug-likeness (QED) is 0.457. The number of nitrogens with zero attached hydrogens (tertiary/aromatic N) is 5. The highest BCUT2D eigenvalue weighted by Crippen LogP contribution is 2.43. The zero-order chi connectivity index (χ0) is 23.2. The van der Waals surface area contributed by atoms with E-state index < -0.39 is 23.9 Å². The van der Waals surface area contributed by atoms with Crippen molar-refractivity contribution in [2.45, 2.75) is 26.8 Å². The minimum atomic E-state index is -2.83. The molecule has 0 aliphatic carbocycles. The normalized spacial score (nSPS) is 11.4. The number of carbonyl (C=O) groups excluding carboxylic acids is 2. The average Bonchev–Trinajstić information content (AvgIpc) is 3.46. The summed E-state index contributed by atoms with van der Waals surface area (Å²) < 4.78 is 30.3. The first-order chi connectivity index (χ1) is 15.2. The molecule has 0 aromatic carbocycles. The predicted octanol–water partition coefficient (Wildman–Crippen LogP) is 3.51. The molecular weight excluding hydrogens is 440 g/mol. The Kier molecular flexibility index (Phi) is 5.46. The number of thiophene rings is 1. The molecule has 0 aliphatic heterocycles. The molecule has 9 nitrogen and oxygen atoms in total. The van der Waals surface area contributed by atoms with E-state index in [1.54, 1.807) is 29.5 Å². The highest BCUT2D eigenvalue weighted by molar-refractivity contribution is 7.21. The molecule has 0 bridgehead atoms. The molecule has 0 saturated heterocycles. The summed E-state index contributed by atoms with van der Waals surface area (Å²) >= 11 is 0.850. The number of pyridine rings is 1. The van der Waals surface area contributed by atoms with Gasteiger partial charge in [0, 0.05) is 36.4 Å². The number of amides is 2. The number of halogens is 2. The first kappa shape index (κ1) is 21.6. The van der Waals surface area contributed by atoms with E-state index in [1.165, 1.54) is 18.5 Å². The van der Waals surface area contributed by atoms with Crippen LogP contribution in [0.4, 0.5) is 14.5 Å². The second kappa shape index (κ2) is 8.11. The van der Waals surface area contributed by atoms with E-state index in [2.05, 4.69) is 20.5 Å². The average molecular weight is 459 g/mol. The maximum atomic E-state index is 13.6. The minimum absolute atomic E-state index is 0.0120. The van der Waals surface area contributed by atoms with Crippen LogP contribution in [-0.4, -0.2) is 36.4 Å². The molecule has 166 valence electrons. The molecule has 4 aromatic rings. The highest BCUT2D eigenvalue weighted by atomic mass is 32.1. The van der Waals surface area contributed by atoms with Crippen LogP contribution in [-0.2, 0) is 13.6 Å². The topological polar surface area (TPSA) is 121 Å². The second-order valence-electron chi connectivity index (χ2n) is 7.05. The van der Waals surface area contributed by atoms with Gasteiger partial charge in [0.2, 0.25) is 0 Å². The van der Waals surface area contributed by atoms with Crippen LogP contribution in [0.25, 0.3) is 21.3 Å². The molecule has 3 N–H and O–H groups in total. The summed E-state index contributed by atoms with van der Waals surface area (Å²) in [6.07, 6.45) is 1.67. The number of hydrogen-bond acceptors (Lipinski definition) is 6. The molecule has 0 fully saturated rings. The van der Waals surface area contributed by atoms with Gasteiger partial charge < -0.3 is 11.1 Å². The summed E-state index contributed by atoms with van der Waals surface area (Å²) in [5.74, 6) is -1.32. The lowest BCUT2D eigenvalue weighted by Gasteiger charge is -2.10. The van der Waals surface area contributed by atoms with Gasteiger partial charge in [0.15, 0.2) is 0 Å². The van der Waals surface area contributed by atoms with Gasteiger partial charge >= 0.3 is 0 Å². The molecule has 2 amide bonds. The highest BCUT2D eigenvalue weighted by Gasteiger charge is 2.26. The first-order valence-corrected chi connectivity index (χ1v) is 10.4. The Morgan fingerprint density at radius 2 is 2.00 bits per heavy atom. The number of carbonyl (C=O) groups is 2. The van der Waals surface area contributed by atoms with Crippen molar-refractivity contribution in [2.24, 2.45) is 12.8 Å². The summed E-state index contributed by atoms with van der Waals surface area (Å²) in [5, 5.41) is 11.3. The van der Waals surface area contributed by atoms with Gasteiger partial charge in [-0.15, -0.1) is 11.3 Å². The lowest BCUT2D eigenvalue weighted by Crippen LogP contribution is -2.16. The van der Waals surface area contributed by atoms with Crippen LogP contribution in [0.2, 0.25) is 0 Å². The maximum absolute atomic E-state index is 13.6. The molecule has 0 spiro atoms. The van der Waals surface area contributed by atoms with Crippen LogP contribution in [0.1, 0.15) is 44.8 Å². The molecule has 0 radical (unpaired) electrons. The number of aromatic nitrogens is 5. The fourth-order valence-corrected chi connectivity index (χ4v) is 4.35. The van der Waals surface area contributed by atoms with E-state index in [0.29, 0.717) is 28.8 Å². The number of anilines is 1. The standard InChI is InChI=1S/C20H19F2N7O2S/c1-4-29-8-10(6-25-29)19(31)27-15-14-11(12-7-24-28(3)9(12)2)5-13(17(21)22)26-20(14)32-16(15)18(23)30/h5-8,17H,4H2,1-3H3,(H2,23,30)(H,27,31). The van der Waals surface area contributed by atoms with Crippen LogP contribution in [0.5, 0.6) is 0 Å². The van der Waals surface area contributed by atoms with Gasteiger partial charge in [-0.3, -0.25) is 19.0 Å². The molecule has 0 atom stereocenters. The number of hydrogen-bond donors (Lipinski definition) is 2. The smallest absolute Gasteiger partial charge is 0.280 e. The predicted molar refractivity (Wildman–Crippen MR) is 116 cm³/mol. The largest absolute Gasteiger partial charge is 0.365 e. The van der Waals surface area contributed by atoms with E-state index in [9.17, 15) is 18.4 Å². The summed E-state index contributed by atoms with van der Waals surface area (Å²) in [7, 11) is 1.72. The van der Waals surface area contributed by atoms with Gasteiger partial charge in [0.1, 0.15) is 15.4 Å². The third kappa shape index (κ3) is 3.62. The van der Waals surface area contributed by atoms with E-state index in [0.717, 1.165) is 11.3 Å². The number of aryl methyl sites for hydroxylation is 2. The van der Waals surface area contributed by atoms with E-state index in [1.807, 2.05) is 6.92 Å². The molecule has 4 aromatic heterocycles. The van der Waals surface area contributed by atoms with Crippen molar-refractivity contribution in [1.82, 2.24) is 24.5 Å². The second-order valence-corrected chi connectivity index (χ2v) is 8.05. The molecule has 4 heterocycles. The van der Waals surface area contributed by atoms with Crippen molar-refractivity contribution in [3.8, 4) is 11.1 Å². The maximum Gasteiger partial charge on any atom is 0.280 e. The zero-order valence-corrected chi connectivity index (χ0v) is 18.2. The van der Waals surface area contributed by atoms with Gasteiger partial charge in [0.05, 0.1) is 23.6 Å². The number of nitrogens with two attached hydrogens (primary N) is 1. The minimum Gasteiger partial charge on any atom is -0.365 e. The third-order valence-corrected chi connectivity index (χ3v) is 6.21. The van der Waals surface area contributed by atoms with Crippen molar-refractivity contribution in [3.05, 3.63) is 46.5 Å². The van der Waals surface area contributed by atoms with Crippen molar-refractivity contribution in [1.29, 1.82) is 0 Å². The van der Waals surface area contributed by atoms with E-state index in [-0.39, 0.29) is 21.0 Å². The van der Waals surface area contributed by atoms with Crippen LogP contribution in [0.3, 0.4) is 0 Å². The number of fused-ring (bicyclic) bond motifs is 1. The lowest BCUT2D eigenvalue weighted by molar-refractivity contribution is 0.100. The number of rotatable bonds is 6. The third-order valence-electron chi connectivity index (χ3n) is 5.11.